The number of phenolic OH excluding ortho intramolecular Hbond substituents is 1. The Kier molecular flexibility index (Phi) is 10.2. The molecule has 1 heterocycles. The normalized spacial score (nSPS) is 13.1. The molecule has 13 heteroatoms. The summed E-state index contributed by atoms with van der Waals surface area (Å²) in [6, 6.07) is 9.60. The van der Waals surface area contributed by atoms with Crippen molar-refractivity contribution in [1.29, 1.82) is 0 Å². The highest BCUT2D eigenvalue weighted by atomic mass is 16.4. The molecule has 0 aliphatic rings. The van der Waals surface area contributed by atoms with Crippen LogP contribution >= 0.6 is 0 Å². The number of hydrogen-bond acceptors (Lipinski definition) is 7. The van der Waals surface area contributed by atoms with Crippen LogP contribution in [-0.4, -0.2) is 74.6 Å². The monoisotopic (exact) mass is 553 g/mol. The maximum atomic E-state index is 13.5. The third kappa shape index (κ3) is 8.56. The lowest BCUT2D eigenvalue weighted by Gasteiger charge is -2.24. The van der Waals surface area contributed by atoms with Crippen LogP contribution in [0.2, 0.25) is 0 Å². The Labute approximate surface area is 228 Å². The van der Waals surface area contributed by atoms with Gasteiger partial charge < -0.3 is 42.0 Å². The Morgan fingerprint density at radius 3 is 2.15 bits per heavy atom. The number of phenols is 1. The Bertz CT molecular complexity index is 1370. The summed E-state index contributed by atoms with van der Waals surface area (Å²) in [5, 5.41) is 35.7. The summed E-state index contributed by atoms with van der Waals surface area (Å²) in [6.45, 7) is -0.662. The quantitative estimate of drug-likeness (QED) is 0.134. The third-order valence-electron chi connectivity index (χ3n) is 6.16. The third-order valence-corrected chi connectivity index (χ3v) is 6.16. The molecular weight excluding hydrogens is 522 g/mol. The number of aromatic hydroxyl groups is 1. The van der Waals surface area contributed by atoms with Crippen LogP contribution in [0.15, 0.2) is 54.7 Å². The van der Waals surface area contributed by atoms with Crippen LogP contribution in [0.3, 0.4) is 0 Å². The zero-order valence-electron chi connectivity index (χ0n) is 21.4. The molecular formula is C27H31N5O8. The Morgan fingerprint density at radius 2 is 1.48 bits per heavy atom. The molecule has 3 atom stereocenters. The summed E-state index contributed by atoms with van der Waals surface area (Å²) >= 11 is 0. The smallest absolute Gasteiger partial charge is 0.322 e. The number of amides is 3. The summed E-state index contributed by atoms with van der Waals surface area (Å²) in [7, 11) is 0. The van der Waals surface area contributed by atoms with E-state index in [-0.39, 0.29) is 31.4 Å². The predicted molar refractivity (Wildman–Crippen MR) is 143 cm³/mol. The van der Waals surface area contributed by atoms with E-state index in [0.717, 1.165) is 10.9 Å². The molecule has 0 saturated carbocycles. The molecule has 0 spiro atoms. The van der Waals surface area contributed by atoms with Gasteiger partial charge in [0.15, 0.2) is 0 Å². The minimum Gasteiger partial charge on any atom is -0.508 e. The van der Waals surface area contributed by atoms with Gasteiger partial charge in [0.1, 0.15) is 24.4 Å². The van der Waals surface area contributed by atoms with Crippen LogP contribution in [0.25, 0.3) is 10.9 Å². The molecule has 0 fully saturated rings. The largest absolute Gasteiger partial charge is 0.508 e. The molecule has 1 aromatic heterocycles. The lowest BCUT2D eigenvalue weighted by atomic mass is 10.0. The second-order valence-electron chi connectivity index (χ2n) is 9.21. The molecule has 0 saturated heterocycles. The van der Waals surface area contributed by atoms with Crippen molar-refractivity contribution < 1.29 is 39.3 Å². The summed E-state index contributed by atoms with van der Waals surface area (Å²) in [6.07, 6.45) is 1.15. The van der Waals surface area contributed by atoms with Crippen LogP contribution < -0.4 is 21.7 Å². The first kappa shape index (κ1) is 29.6. The van der Waals surface area contributed by atoms with Gasteiger partial charge in [-0.25, -0.2) is 0 Å². The lowest BCUT2D eigenvalue weighted by molar-refractivity contribution is -0.139. The Hall–Kier alpha value is -4.91. The molecule has 9 N–H and O–H groups in total. The minimum absolute atomic E-state index is 0.00150. The number of aromatic nitrogens is 1. The van der Waals surface area contributed by atoms with Gasteiger partial charge in [-0.1, -0.05) is 30.3 Å². The molecule has 3 amide bonds. The van der Waals surface area contributed by atoms with Gasteiger partial charge in [-0.3, -0.25) is 24.0 Å². The topological polar surface area (TPSA) is 224 Å². The highest BCUT2D eigenvalue weighted by Crippen LogP contribution is 2.19. The second-order valence-corrected chi connectivity index (χ2v) is 9.21. The fourth-order valence-corrected chi connectivity index (χ4v) is 4.05. The van der Waals surface area contributed by atoms with Gasteiger partial charge in [-0.2, -0.15) is 0 Å². The zero-order chi connectivity index (χ0) is 29.2. The Balaban J connectivity index is 1.84. The van der Waals surface area contributed by atoms with Gasteiger partial charge in [0, 0.05) is 36.4 Å². The first-order valence-electron chi connectivity index (χ1n) is 12.4. The molecule has 13 nitrogen and oxygen atoms in total. The zero-order valence-corrected chi connectivity index (χ0v) is 21.4. The number of benzene rings is 2. The minimum atomic E-state index is -1.27. The van der Waals surface area contributed by atoms with Gasteiger partial charge in [-0.15, -0.1) is 0 Å². The van der Waals surface area contributed by atoms with Crippen LogP contribution in [0.1, 0.15) is 24.0 Å². The molecule has 2 aromatic carbocycles. The van der Waals surface area contributed by atoms with E-state index in [9.17, 15) is 29.1 Å². The van der Waals surface area contributed by atoms with Gasteiger partial charge in [0.05, 0.1) is 6.04 Å². The summed E-state index contributed by atoms with van der Waals surface area (Å²) in [5.74, 6) is -4.65. The van der Waals surface area contributed by atoms with E-state index in [0.29, 0.717) is 11.1 Å². The molecule has 40 heavy (non-hydrogen) atoms. The molecule has 3 rings (SSSR count). The first-order chi connectivity index (χ1) is 19.0. The van der Waals surface area contributed by atoms with Gasteiger partial charge in [0.2, 0.25) is 17.7 Å². The average molecular weight is 554 g/mol. The van der Waals surface area contributed by atoms with Gasteiger partial charge in [0.25, 0.3) is 0 Å². The Morgan fingerprint density at radius 1 is 0.825 bits per heavy atom. The molecule has 0 aliphatic carbocycles. The van der Waals surface area contributed by atoms with Crippen molar-refractivity contribution in [2.45, 2.75) is 43.8 Å². The number of H-pyrrole nitrogens is 1. The van der Waals surface area contributed by atoms with Crippen LogP contribution in [0.4, 0.5) is 0 Å². The number of nitrogens with two attached hydrogens (primary N) is 1. The van der Waals surface area contributed by atoms with Gasteiger partial charge in [-0.05, 0) is 35.7 Å². The van der Waals surface area contributed by atoms with Crippen molar-refractivity contribution in [3.63, 3.8) is 0 Å². The summed E-state index contributed by atoms with van der Waals surface area (Å²) in [4.78, 5) is 64.1. The number of nitrogens with one attached hydrogen (secondary N) is 4. The highest BCUT2D eigenvalue weighted by Gasteiger charge is 2.29. The summed E-state index contributed by atoms with van der Waals surface area (Å²) in [5.41, 5.74) is 7.90. The van der Waals surface area contributed by atoms with Crippen molar-refractivity contribution in [3.8, 4) is 5.75 Å². The number of carboxylic acid groups (broad SMARTS) is 2. The van der Waals surface area contributed by atoms with E-state index in [1.807, 2.05) is 24.3 Å². The standard InChI is InChI=1S/C27H31N5O8/c28-19(9-10-23(34)35)25(38)31-21(11-15-5-7-17(33)8-6-15)27(40)32-22(26(39)30-14-24(36)37)12-16-13-29-20-4-2-1-3-18(16)20/h1-8,13,19,21-22,29,33H,9-12,14,28H2,(H,30,39)(H,31,38)(H,32,40)(H,34,35)(H,36,37). The van der Waals surface area contributed by atoms with Crippen molar-refractivity contribution >= 4 is 40.6 Å². The predicted octanol–water partition coefficient (Wildman–Crippen LogP) is 0.0212. The second kappa shape index (κ2) is 13.8. The van der Waals surface area contributed by atoms with Gasteiger partial charge >= 0.3 is 11.9 Å². The molecule has 0 bridgehead atoms. The van der Waals surface area contributed by atoms with E-state index >= 15 is 0 Å². The number of carboxylic acids is 2. The first-order valence-corrected chi connectivity index (χ1v) is 12.4. The van der Waals surface area contributed by atoms with E-state index < -0.39 is 54.3 Å². The van der Waals surface area contributed by atoms with Crippen molar-refractivity contribution in [2.75, 3.05) is 6.54 Å². The lowest BCUT2D eigenvalue weighted by Crippen LogP contribution is -2.57. The van der Waals surface area contributed by atoms with E-state index in [4.69, 9.17) is 15.9 Å². The molecule has 3 unspecified atom stereocenters. The number of rotatable bonds is 14. The molecule has 0 aliphatic heterocycles. The summed E-state index contributed by atoms with van der Waals surface area (Å²) < 4.78 is 0. The molecule has 0 radical (unpaired) electrons. The van der Waals surface area contributed by atoms with Crippen LogP contribution in [0.5, 0.6) is 5.75 Å². The highest BCUT2D eigenvalue weighted by molar-refractivity contribution is 5.94. The van der Waals surface area contributed by atoms with Crippen molar-refractivity contribution in [1.82, 2.24) is 20.9 Å². The van der Waals surface area contributed by atoms with Crippen molar-refractivity contribution in [3.05, 3.63) is 65.9 Å². The van der Waals surface area contributed by atoms with Crippen LogP contribution in [-0.2, 0) is 36.8 Å². The molecule has 212 valence electrons. The number of aromatic amines is 1. The number of hydrogen-bond donors (Lipinski definition) is 8. The number of aliphatic carboxylic acids is 2. The number of para-hydroxylation sites is 1. The van der Waals surface area contributed by atoms with Crippen LogP contribution in [0, 0.1) is 0 Å². The molecule has 3 aromatic rings. The van der Waals surface area contributed by atoms with E-state index in [2.05, 4.69) is 20.9 Å². The van der Waals surface area contributed by atoms with E-state index in [1.54, 1.807) is 18.3 Å². The maximum Gasteiger partial charge on any atom is 0.322 e. The maximum absolute atomic E-state index is 13.5. The SMILES string of the molecule is NC(CCC(=O)O)C(=O)NC(Cc1ccc(O)cc1)C(=O)NC(Cc1c[nH]c2ccccc12)C(=O)NCC(=O)O. The number of carbonyl (C=O) groups excluding carboxylic acids is 3. The fraction of sp³-hybridized carbons (Fsp3) is 0.296. The fourth-order valence-electron chi connectivity index (χ4n) is 4.05. The average Bonchev–Trinajstić information content (AvgIpc) is 3.33. The number of fused-ring (bicyclic) bond motifs is 1. The van der Waals surface area contributed by atoms with E-state index in [1.165, 1.54) is 12.1 Å². The number of carbonyl (C=O) groups is 5. The van der Waals surface area contributed by atoms with Crippen molar-refractivity contribution in [2.24, 2.45) is 5.73 Å².